The van der Waals surface area contributed by atoms with E-state index in [2.05, 4.69) is 20.5 Å². The molecular formula is C18H24N4O2. The lowest BCUT2D eigenvalue weighted by atomic mass is 10.2. The van der Waals surface area contributed by atoms with Gasteiger partial charge in [0.05, 0.1) is 7.11 Å². The average Bonchev–Trinajstić information content (AvgIpc) is 2.60. The Morgan fingerprint density at radius 3 is 2.79 bits per heavy atom. The topological polar surface area (TPSA) is 66.5 Å². The average molecular weight is 328 g/mol. The van der Waals surface area contributed by atoms with Crippen LogP contribution in [0.3, 0.4) is 0 Å². The van der Waals surface area contributed by atoms with Crippen LogP contribution in [0, 0.1) is 0 Å². The van der Waals surface area contributed by atoms with Crippen molar-refractivity contribution in [3.8, 4) is 5.75 Å². The number of rotatable bonds is 8. The zero-order valence-electron chi connectivity index (χ0n) is 14.4. The van der Waals surface area contributed by atoms with Gasteiger partial charge in [0.2, 0.25) is 0 Å². The minimum absolute atomic E-state index is 0.140. The van der Waals surface area contributed by atoms with Crippen molar-refractivity contribution in [3.63, 3.8) is 0 Å². The predicted molar refractivity (Wildman–Crippen MR) is 95.4 cm³/mol. The number of aromatic nitrogens is 1. The molecule has 6 nitrogen and oxygen atoms in total. The SMILES string of the molecule is COc1ccccc1CNC(=O)c1ccnc(NCCN(C)C)c1. The molecule has 0 radical (unpaired) electrons. The van der Waals surface area contributed by atoms with Crippen molar-refractivity contribution in [3.05, 3.63) is 53.7 Å². The molecule has 128 valence electrons. The molecule has 2 rings (SSSR count). The Bertz CT molecular complexity index is 674. The molecule has 0 saturated carbocycles. The highest BCUT2D eigenvalue weighted by Gasteiger charge is 2.08. The second-order valence-corrected chi connectivity index (χ2v) is 5.65. The second kappa shape index (κ2) is 8.88. The number of benzene rings is 1. The first-order valence-electron chi connectivity index (χ1n) is 7.85. The minimum Gasteiger partial charge on any atom is -0.496 e. The molecule has 1 aromatic carbocycles. The lowest BCUT2D eigenvalue weighted by Gasteiger charge is -2.12. The maximum absolute atomic E-state index is 12.3. The Balaban J connectivity index is 1.94. The molecule has 0 unspecified atom stereocenters. The maximum atomic E-state index is 12.3. The zero-order chi connectivity index (χ0) is 17.4. The molecule has 1 amide bonds. The van der Waals surface area contributed by atoms with Gasteiger partial charge in [0.15, 0.2) is 0 Å². The van der Waals surface area contributed by atoms with E-state index in [4.69, 9.17) is 4.74 Å². The van der Waals surface area contributed by atoms with Crippen LogP contribution in [-0.4, -0.2) is 50.1 Å². The largest absolute Gasteiger partial charge is 0.496 e. The monoisotopic (exact) mass is 328 g/mol. The third-order valence-electron chi connectivity index (χ3n) is 3.52. The molecule has 1 aromatic heterocycles. The molecule has 0 saturated heterocycles. The van der Waals surface area contributed by atoms with Crippen LogP contribution in [0.15, 0.2) is 42.6 Å². The van der Waals surface area contributed by atoms with E-state index in [0.717, 1.165) is 24.4 Å². The number of ether oxygens (including phenoxy) is 1. The van der Waals surface area contributed by atoms with Gasteiger partial charge in [-0.15, -0.1) is 0 Å². The fraction of sp³-hybridized carbons (Fsp3) is 0.333. The summed E-state index contributed by atoms with van der Waals surface area (Å²) in [6.07, 6.45) is 1.63. The van der Waals surface area contributed by atoms with Gasteiger partial charge in [0, 0.05) is 37.0 Å². The normalized spacial score (nSPS) is 10.5. The van der Waals surface area contributed by atoms with E-state index in [9.17, 15) is 4.79 Å². The van der Waals surface area contributed by atoms with E-state index in [1.54, 1.807) is 25.4 Å². The molecule has 0 aliphatic carbocycles. The molecule has 2 N–H and O–H groups in total. The van der Waals surface area contributed by atoms with Gasteiger partial charge in [-0.25, -0.2) is 4.98 Å². The number of nitrogens with one attached hydrogen (secondary N) is 2. The summed E-state index contributed by atoms with van der Waals surface area (Å²) in [7, 11) is 5.64. The third-order valence-corrected chi connectivity index (χ3v) is 3.52. The zero-order valence-corrected chi connectivity index (χ0v) is 14.4. The summed E-state index contributed by atoms with van der Waals surface area (Å²) in [6.45, 7) is 2.08. The number of hydrogen-bond donors (Lipinski definition) is 2. The van der Waals surface area contributed by atoms with Crippen LogP contribution >= 0.6 is 0 Å². The smallest absolute Gasteiger partial charge is 0.251 e. The molecule has 0 aliphatic heterocycles. The highest BCUT2D eigenvalue weighted by atomic mass is 16.5. The summed E-state index contributed by atoms with van der Waals surface area (Å²) in [5.74, 6) is 1.32. The lowest BCUT2D eigenvalue weighted by Crippen LogP contribution is -2.24. The quantitative estimate of drug-likeness (QED) is 0.776. The summed E-state index contributed by atoms with van der Waals surface area (Å²) < 4.78 is 5.29. The van der Waals surface area contributed by atoms with Gasteiger partial charge in [-0.2, -0.15) is 0 Å². The van der Waals surface area contributed by atoms with Crippen molar-refractivity contribution in [2.24, 2.45) is 0 Å². The maximum Gasteiger partial charge on any atom is 0.251 e. The van der Waals surface area contributed by atoms with E-state index in [1.807, 2.05) is 38.4 Å². The summed E-state index contributed by atoms with van der Waals surface area (Å²) in [5, 5.41) is 6.12. The minimum atomic E-state index is -0.140. The fourth-order valence-corrected chi connectivity index (χ4v) is 2.20. The van der Waals surface area contributed by atoms with E-state index < -0.39 is 0 Å². The number of amides is 1. The Morgan fingerprint density at radius 1 is 1.25 bits per heavy atom. The van der Waals surface area contributed by atoms with Crippen molar-refractivity contribution < 1.29 is 9.53 Å². The molecule has 0 spiro atoms. The number of carbonyl (C=O) groups is 1. The van der Waals surface area contributed by atoms with Crippen molar-refractivity contribution in [2.75, 3.05) is 39.6 Å². The van der Waals surface area contributed by atoms with Gasteiger partial charge in [-0.3, -0.25) is 4.79 Å². The van der Waals surface area contributed by atoms with Gasteiger partial charge in [-0.1, -0.05) is 18.2 Å². The summed E-state index contributed by atoms with van der Waals surface area (Å²) in [5.41, 5.74) is 1.51. The predicted octanol–water partition coefficient (Wildman–Crippen LogP) is 1.99. The number of hydrogen-bond acceptors (Lipinski definition) is 5. The highest BCUT2D eigenvalue weighted by Crippen LogP contribution is 2.17. The van der Waals surface area contributed by atoms with Gasteiger partial charge >= 0.3 is 0 Å². The number of methoxy groups -OCH3 is 1. The van der Waals surface area contributed by atoms with Crippen LogP contribution in [0.25, 0.3) is 0 Å². The Labute approximate surface area is 142 Å². The number of carbonyl (C=O) groups excluding carboxylic acids is 1. The molecule has 0 aliphatic rings. The fourth-order valence-electron chi connectivity index (χ4n) is 2.20. The van der Waals surface area contributed by atoms with Crippen molar-refractivity contribution in [1.82, 2.24) is 15.2 Å². The van der Waals surface area contributed by atoms with Gasteiger partial charge in [0.25, 0.3) is 5.91 Å². The molecule has 2 aromatic rings. The van der Waals surface area contributed by atoms with E-state index in [-0.39, 0.29) is 5.91 Å². The Kier molecular flexibility index (Phi) is 6.57. The number of nitrogens with zero attached hydrogens (tertiary/aromatic N) is 2. The molecule has 6 heteroatoms. The van der Waals surface area contributed by atoms with Crippen molar-refractivity contribution in [1.29, 1.82) is 0 Å². The first-order valence-corrected chi connectivity index (χ1v) is 7.85. The summed E-state index contributed by atoms with van der Waals surface area (Å²) >= 11 is 0. The van der Waals surface area contributed by atoms with Crippen LogP contribution in [0.2, 0.25) is 0 Å². The third kappa shape index (κ3) is 5.24. The van der Waals surface area contributed by atoms with E-state index in [0.29, 0.717) is 17.9 Å². The Hall–Kier alpha value is -2.60. The van der Waals surface area contributed by atoms with E-state index >= 15 is 0 Å². The lowest BCUT2D eigenvalue weighted by molar-refractivity contribution is 0.0950. The van der Waals surface area contributed by atoms with Crippen LogP contribution in [0.1, 0.15) is 15.9 Å². The van der Waals surface area contributed by atoms with Crippen molar-refractivity contribution in [2.45, 2.75) is 6.54 Å². The van der Waals surface area contributed by atoms with Crippen LogP contribution in [-0.2, 0) is 6.54 Å². The summed E-state index contributed by atoms with van der Waals surface area (Å²) in [6, 6.07) is 11.1. The van der Waals surface area contributed by atoms with Gasteiger partial charge < -0.3 is 20.3 Å². The molecule has 0 atom stereocenters. The van der Waals surface area contributed by atoms with Crippen LogP contribution < -0.4 is 15.4 Å². The molecule has 0 fully saturated rings. The number of para-hydroxylation sites is 1. The summed E-state index contributed by atoms with van der Waals surface area (Å²) in [4.78, 5) is 18.7. The first-order chi connectivity index (χ1) is 11.6. The van der Waals surface area contributed by atoms with Gasteiger partial charge in [-0.05, 0) is 32.3 Å². The first kappa shape index (κ1) is 17.7. The van der Waals surface area contributed by atoms with Crippen molar-refractivity contribution >= 4 is 11.7 Å². The molecule has 1 heterocycles. The van der Waals surface area contributed by atoms with E-state index in [1.165, 1.54) is 0 Å². The molecule has 0 bridgehead atoms. The standard InChI is InChI=1S/C18H24N4O2/c1-22(2)11-10-20-17-12-14(8-9-19-17)18(23)21-13-15-6-4-5-7-16(15)24-3/h4-9,12H,10-11,13H2,1-3H3,(H,19,20)(H,21,23). The Morgan fingerprint density at radius 2 is 2.04 bits per heavy atom. The number of anilines is 1. The highest BCUT2D eigenvalue weighted by molar-refractivity contribution is 5.94. The van der Waals surface area contributed by atoms with Crippen LogP contribution in [0.4, 0.5) is 5.82 Å². The molecular weight excluding hydrogens is 304 g/mol. The number of pyridine rings is 1. The second-order valence-electron chi connectivity index (χ2n) is 5.65. The van der Waals surface area contributed by atoms with Gasteiger partial charge in [0.1, 0.15) is 11.6 Å². The number of likely N-dealkylation sites (N-methyl/N-ethyl adjacent to an activating group) is 1. The molecule has 24 heavy (non-hydrogen) atoms. The van der Waals surface area contributed by atoms with Crippen LogP contribution in [0.5, 0.6) is 5.75 Å².